The number of aromatic nitrogens is 1. The van der Waals surface area contributed by atoms with Gasteiger partial charge in [-0.1, -0.05) is 0 Å². The number of anilines is 2. The Balaban J connectivity index is 2.20. The molecular weight excluding hydrogens is 312 g/mol. The molecule has 0 radical (unpaired) electrons. The first-order chi connectivity index (χ1) is 9.10. The first kappa shape index (κ1) is 13.4. The van der Waals surface area contributed by atoms with E-state index in [1.807, 2.05) is 24.3 Å². The lowest BCUT2D eigenvalue weighted by atomic mass is 10.2. The fraction of sp³-hybridized carbons (Fsp3) is 0.0769. The van der Waals surface area contributed by atoms with E-state index in [-0.39, 0.29) is 5.56 Å². The van der Waals surface area contributed by atoms with Gasteiger partial charge in [-0.25, -0.2) is 9.78 Å². The van der Waals surface area contributed by atoms with Crippen molar-refractivity contribution < 1.29 is 14.6 Å². The lowest BCUT2D eigenvalue weighted by Gasteiger charge is -2.08. The molecule has 0 aliphatic rings. The van der Waals surface area contributed by atoms with E-state index < -0.39 is 5.97 Å². The first-order valence-electron chi connectivity index (χ1n) is 5.40. The lowest BCUT2D eigenvalue weighted by Crippen LogP contribution is -2.00. The van der Waals surface area contributed by atoms with E-state index in [0.29, 0.717) is 10.3 Å². The van der Waals surface area contributed by atoms with E-state index in [1.54, 1.807) is 7.11 Å². The quantitative estimate of drug-likeness (QED) is 0.903. The summed E-state index contributed by atoms with van der Waals surface area (Å²) in [4.78, 5) is 14.9. The fourth-order valence-corrected chi connectivity index (χ4v) is 1.91. The second-order valence-corrected chi connectivity index (χ2v) is 4.57. The highest BCUT2D eigenvalue weighted by molar-refractivity contribution is 9.10. The molecule has 5 nitrogen and oxygen atoms in total. The zero-order valence-electron chi connectivity index (χ0n) is 10.1. The molecule has 2 N–H and O–H groups in total. The van der Waals surface area contributed by atoms with Crippen LogP contribution in [0.25, 0.3) is 0 Å². The summed E-state index contributed by atoms with van der Waals surface area (Å²) in [5.41, 5.74) is 0.962. The number of pyridine rings is 1. The molecule has 0 fully saturated rings. The Morgan fingerprint density at radius 2 is 2.05 bits per heavy atom. The van der Waals surface area contributed by atoms with Gasteiger partial charge in [-0.15, -0.1) is 0 Å². The number of methoxy groups -OCH3 is 1. The van der Waals surface area contributed by atoms with Gasteiger partial charge in [0.15, 0.2) is 0 Å². The Morgan fingerprint density at radius 1 is 1.37 bits per heavy atom. The van der Waals surface area contributed by atoms with Crippen LogP contribution in [0.2, 0.25) is 0 Å². The van der Waals surface area contributed by atoms with E-state index in [4.69, 9.17) is 9.84 Å². The average Bonchev–Trinajstić information content (AvgIpc) is 2.41. The summed E-state index contributed by atoms with van der Waals surface area (Å²) in [6.07, 6.45) is 1.30. The first-order valence-corrected chi connectivity index (χ1v) is 6.19. The zero-order valence-corrected chi connectivity index (χ0v) is 11.6. The molecule has 0 aliphatic carbocycles. The summed E-state index contributed by atoms with van der Waals surface area (Å²) in [7, 11) is 1.60. The third kappa shape index (κ3) is 3.23. The van der Waals surface area contributed by atoms with Crippen LogP contribution < -0.4 is 10.1 Å². The number of halogens is 1. The number of nitrogens with zero attached hydrogens (tertiary/aromatic N) is 1. The van der Waals surface area contributed by atoms with Crippen molar-refractivity contribution in [3.63, 3.8) is 0 Å². The average molecular weight is 323 g/mol. The zero-order chi connectivity index (χ0) is 13.8. The van der Waals surface area contributed by atoms with Crippen molar-refractivity contribution in [1.29, 1.82) is 0 Å². The summed E-state index contributed by atoms with van der Waals surface area (Å²) in [6.45, 7) is 0. The highest BCUT2D eigenvalue weighted by Crippen LogP contribution is 2.25. The van der Waals surface area contributed by atoms with Crippen LogP contribution in [-0.2, 0) is 0 Å². The number of benzene rings is 1. The molecule has 2 aromatic rings. The Bertz CT molecular complexity index is 599. The summed E-state index contributed by atoms with van der Waals surface area (Å²) in [5, 5.41) is 11.9. The topological polar surface area (TPSA) is 71.5 Å². The highest BCUT2D eigenvalue weighted by atomic mass is 79.9. The van der Waals surface area contributed by atoms with Crippen molar-refractivity contribution in [1.82, 2.24) is 4.98 Å². The smallest absolute Gasteiger partial charge is 0.337 e. The van der Waals surface area contributed by atoms with Crippen LogP contribution in [0.15, 0.2) is 41.0 Å². The summed E-state index contributed by atoms with van der Waals surface area (Å²) in [6, 6.07) is 8.83. The van der Waals surface area contributed by atoms with Crippen LogP contribution in [-0.4, -0.2) is 23.2 Å². The Kier molecular flexibility index (Phi) is 4.01. The third-order valence-electron chi connectivity index (χ3n) is 2.44. The Morgan fingerprint density at radius 3 is 2.58 bits per heavy atom. The number of carboxylic acids is 1. The van der Waals surface area contributed by atoms with Crippen molar-refractivity contribution in [3.8, 4) is 5.75 Å². The number of rotatable bonds is 4. The van der Waals surface area contributed by atoms with Gasteiger partial charge < -0.3 is 15.2 Å². The van der Waals surface area contributed by atoms with Gasteiger partial charge in [-0.3, -0.25) is 0 Å². The minimum Gasteiger partial charge on any atom is -0.497 e. The van der Waals surface area contributed by atoms with Gasteiger partial charge in [0.25, 0.3) is 0 Å². The van der Waals surface area contributed by atoms with Gasteiger partial charge in [-0.05, 0) is 46.3 Å². The van der Waals surface area contributed by atoms with Crippen molar-refractivity contribution in [2.75, 3.05) is 12.4 Å². The molecule has 0 spiro atoms. The normalized spacial score (nSPS) is 10.0. The van der Waals surface area contributed by atoms with Crippen molar-refractivity contribution >= 4 is 33.4 Å². The number of nitrogens with one attached hydrogen (secondary N) is 1. The number of ether oxygens (including phenoxy) is 1. The lowest BCUT2D eigenvalue weighted by molar-refractivity contribution is 0.0696. The van der Waals surface area contributed by atoms with Crippen LogP contribution >= 0.6 is 15.9 Å². The van der Waals surface area contributed by atoms with Crippen LogP contribution in [0.5, 0.6) is 5.75 Å². The number of carboxylic acid groups (broad SMARTS) is 1. The molecule has 1 aromatic carbocycles. The van der Waals surface area contributed by atoms with Crippen LogP contribution in [0, 0.1) is 0 Å². The van der Waals surface area contributed by atoms with E-state index in [9.17, 15) is 4.79 Å². The maximum absolute atomic E-state index is 10.8. The minimum absolute atomic E-state index is 0.132. The molecule has 6 heteroatoms. The molecule has 0 atom stereocenters. The summed E-state index contributed by atoms with van der Waals surface area (Å²) < 4.78 is 5.65. The third-order valence-corrected chi connectivity index (χ3v) is 3.05. The maximum Gasteiger partial charge on any atom is 0.337 e. The molecular formula is C13H11BrN2O3. The van der Waals surface area contributed by atoms with E-state index in [2.05, 4.69) is 26.2 Å². The maximum atomic E-state index is 10.8. The molecule has 19 heavy (non-hydrogen) atoms. The van der Waals surface area contributed by atoms with Gasteiger partial charge in [-0.2, -0.15) is 0 Å². The number of hydrogen-bond donors (Lipinski definition) is 2. The van der Waals surface area contributed by atoms with E-state index in [1.165, 1.54) is 12.3 Å². The van der Waals surface area contributed by atoms with Gasteiger partial charge in [0.1, 0.15) is 11.6 Å². The summed E-state index contributed by atoms with van der Waals surface area (Å²) >= 11 is 3.29. The van der Waals surface area contributed by atoms with E-state index in [0.717, 1.165) is 11.4 Å². The Hall–Kier alpha value is -2.08. The largest absolute Gasteiger partial charge is 0.497 e. The van der Waals surface area contributed by atoms with Gasteiger partial charge in [0.05, 0.1) is 17.1 Å². The molecule has 98 valence electrons. The van der Waals surface area contributed by atoms with E-state index >= 15 is 0 Å². The predicted octanol–water partition coefficient (Wildman–Crippen LogP) is 3.29. The highest BCUT2D eigenvalue weighted by Gasteiger charge is 2.08. The minimum atomic E-state index is -1.01. The molecule has 0 aliphatic heterocycles. The van der Waals surface area contributed by atoms with Crippen molar-refractivity contribution in [2.24, 2.45) is 0 Å². The fourth-order valence-electron chi connectivity index (χ4n) is 1.46. The monoisotopic (exact) mass is 322 g/mol. The van der Waals surface area contributed by atoms with Gasteiger partial charge in [0, 0.05) is 11.9 Å². The van der Waals surface area contributed by atoms with Gasteiger partial charge >= 0.3 is 5.97 Å². The summed E-state index contributed by atoms with van der Waals surface area (Å²) in [5.74, 6) is 0.304. The van der Waals surface area contributed by atoms with Crippen LogP contribution in [0.3, 0.4) is 0 Å². The molecule has 0 bridgehead atoms. The second-order valence-electron chi connectivity index (χ2n) is 3.71. The van der Waals surface area contributed by atoms with Crippen LogP contribution in [0.4, 0.5) is 11.5 Å². The van der Waals surface area contributed by atoms with Gasteiger partial charge in [0.2, 0.25) is 0 Å². The molecule has 0 amide bonds. The second kappa shape index (κ2) is 5.71. The predicted molar refractivity (Wildman–Crippen MR) is 75.2 cm³/mol. The molecule has 1 aromatic heterocycles. The SMILES string of the molecule is COc1ccc(Nc2ncc(C(=O)O)cc2Br)cc1. The molecule has 0 saturated carbocycles. The number of carbonyl (C=O) groups is 1. The molecule has 2 rings (SSSR count). The number of aromatic carboxylic acids is 1. The van der Waals surface area contributed by atoms with Crippen molar-refractivity contribution in [2.45, 2.75) is 0 Å². The molecule has 1 heterocycles. The van der Waals surface area contributed by atoms with Crippen LogP contribution in [0.1, 0.15) is 10.4 Å². The molecule has 0 unspecified atom stereocenters. The standard InChI is InChI=1S/C13H11BrN2O3/c1-19-10-4-2-9(3-5-10)16-12-11(14)6-8(7-15-12)13(17)18/h2-7H,1H3,(H,15,16)(H,17,18). The Labute approximate surface area is 118 Å². The molecule has 0 saturated heterocycles. The van der Waals surface area contributed by atoms with Crippen molar-refractivity contribution in [3.05, 3.63) is 46.6 Å². The number of hydrogen-bond acceptors (Lipinski definition) is 4.